The van der Waals surface area contributed by atoms with Crippen LogP contribution >= 0.6 is 0 Å². The fourth-order valence-electron chi connectivity index (χ4n) is 1.64. The molecule has 9 nitrogen and oxygen atoms in total. The minimum absolute atomic E-state index is 0.0403. The predicted molar refractivity (Wildman–Crippen MR) is 74.2 cm³/mol. The van der Waals surface area contributed by atoms with Gasteiger partial charge in [0, 0.05) is 13.5 Å². The number of rotatable bonds is 7. The summed E-state index contributed by atoms with van der Waals surface area (Å²) in [6.45, 7) is 7.49. The monoisotopic (exact) mass is 293 g/mol. The minimum Gasteiger partial charge on any atom is -0.408 e. The van der Waals surface area contributed by atoms with Crippen molar-refractivity contribution in [3.63, 3.8) is 0 Å². The van der Waals surface area contributed by atoms with Gasteiger partial charge in [0.2, 0.25) is 11.8 Å². The second-order valence-electron chi connectivity index (χ2n) is 5.11. The van der Waals surface area contributed by atoms with Crippen LogP contribution in [0, 0.1) is 12.8 Å². The van der Waals surface area contributed by atoms with Gasteiger partial charge < -0.3 is 9.73 Å². The van der Waals surface area contributed by atoms with Crippen molar-refractivity contribution in [3.05, 3.63) is 17.8 Å². The molecule has 2 rings (SSSR count). The lowest BCUT2D eigenvalue weighted by molar-refractivity contribution is -0.117. The minimum atomic E-state index is -0.301. The first-order valence-electron chi connectivity index (χ1n) is 6.72. The molecule has 0 fully saturated rings. The van der Waals surface area contributed by atoms with Crippen LogP contribution in [-0.4, -0.2) is 37.6 Å². The van der Waals surface area contributed by atoms with Crippen LogP contribution in [0.5, 0.6) is 0 Å². The SMILES string of the molecule is Cc1nnc(NC(=O)Cn2cc(CNCC(C)C)nn2)o1. The number of hydrogen-bond donors (Lipinski definition) is 2. The van der Waals surface area contributed by atoms with E-state index in [0.29, 0.717) is 18.4 Å². The number of aromatic nitrogens is 5. The van der Waals surface area contributed by atoms with Crippen LogP contribution in [0.2, 0.25) is 0 Å². The van der Waals surface area contributed by atoms with Crippen molar-refractivity contribution < 1.29 is 9.21 Å². The summed E-state index contributed by atoms with van der Waals surface area (Å²) in [5.74, 6) is 0.665. The molecule has 2 heterocycles. The summed E-state index contributed by atoms with van der Waals surface area (Å²) in [5.41, 5.74) is 0.789. The average molecular weight is 293 g/mol. The molecule has 0 saturated carbocycles. The maximum absolute atomic E-state index is 11.8. The molecule has 0 aliphatic heterocycles. The molecular formula is C12H19N7O2. The standard InChI is InChI=1S/C12H19N7O2/c1-8(2)4-13-5-10-6-19(18-16-10)7-11(20)14-12-17-15-9(3)21-12/h6,8,13H,4-5,7H2,1-3H3,(H,14,17,20). The second-order valence-corrected chi connectivity index (χ2v) is 5.11. The zero-order chi connectivity index (χ0) is 15.2. The maximum Gasteiger partial charge on any atom is 0.322 e. The maximum atomic E-state index is 11.8. The van der Waals surface area contributed by atoms with Gasteiger partial charge >= 0.3 is 6.01 Å². The van der Waals surface area contributed by atoms with Gasteiger partial charge in [-0.2, -0.15) is 0 Å². The Balaban J connectivity index is 1.80. The third kappa shape index (κ3) is 4.95. The lowest BCUT2D eigenvalue weighted by Crippen LogP contribution is -2.20. The van der Waals surface area contributed by atoms with Gasteiger partial charge in [0.25, 0.3) is 0 Å². The Kier molecular flexibility index (Phi) is 4.99. The van der Waals surface area contributed by atoms with Crippen LogP contribution in [0.3, 0.4) is 0 Å². The van der Waals surface area contributed by atoms with E-state index in [1.807, 2.05) is 0 Å². The quantitative estimate of drug-likeness (QED) is 0.757. The van der Waals surface area contributed by atoms with Gasteiger partial charge in [0.1, 0.15) is 6.54 Å². The van der Waals surface area contributed by atoms with E-state index in [0.717, 1.165) is 12.2 Å². The van der Waals surface area contributed by atoms with Gasteiger partial charge in [-0.25, -0.2) is 4.68 Å². The molecule has 9 heteroatoms. The summed E-state index contributed by atoms with van der Waals surface area (Å²) < 4.78 is 6.53. The number of nitrogens with one attached hydrogen (secondary N) is 2. The van der Waals surface area contributed by atoms with Crippen molar-refractivity contribution in [1.82, 2.24) is 30.5 Å². The van der Waals surface area contributed by atoms with E-state index in [9.17, 15) is 4.79 Å². The molecule has 2 aromatic heterocycles. The van der Waals surface area contributed by atoms with E-state index in [1.54, 1.807) is 13.1 Å². The first-order valence-corrected chi connectivity index (χ1v) is 6.72. The number of aryl methyl sites for hydroxylation is 1. The van der Waals surface area contributed by atoms with Crippen molar-refractivity contribution in [2.45, 2.75) is 33.9 Å². The van der Waals surface area contributed by atoms with E-state index in [-0.39, 0.29) is 18.5 Å². The van der Waals surface area contributed by atoms with Crippen LogP contribution in [0.1, 0.15) is 25.4 Å². The number of amides is 1. The number of anilines is 1. The highest BCUT2D eigenvalue weighted by atomic mass is 16.4. The van der Waals surface area contributed by atoms with Crippen LogP contribution in [0.4, 0.5) is 6.01 Å². The van der Waals surface area contributed by atoms with Crippen LogP contribution in [0.15, 0.2) is 10.6 Å². The van der Waals surface area contributed by atoms with E-state index in [2.05, 4.69) is 45.0 Å². The summed E-state index contributed by atoms with van der Waals surface area (Å²) >= 11 is 0. The molecular weight excluding hydrogens is 274 g/mol. The summed E-state index contributed by atoms with van der Waals surface area (Å²) in [6, 6.07) is 0.0800. The Labute approximate surface area is 122 Å². The van der Waals surface area contributed by atoms with E-state index in [4.69, 9.17) is 4.42 Å². The molecule has 0 spiro atoms. The number of hydrogen-bond acceptors (Lipinski definition) is 7. The highest BCUT2D eigenvalue weighted by Crippen LogP contribution is 2.03. The molecule has 2 aromatic rings. The van der Waals surface area contributed by atoms with Crippen LogP contribution in [-0.2, 0) is 17.9 Å². The van der Waals surface area contributed by atoms with E-state index in [1.165, 1.54) is 4.68 Å². The summed E-state index contributed by atoms with van der Waals surface area (Å²) in [5, 5.41) is 21.0. The van der Waals surface area contributed by atoms with Gasteiger partial charge in [0.05, 0.1) is 11.9 Å². The largest absolute Gasteiger partial charge is 0.408 e. The molecule has 0 aliphatic rings. The molecule has 2 N–H and O–H groups in total. The molecule has 0 aliphatic carbocycles. The van der Waals surface area contributed by atoms with Crippen molar-refractivity contribution >= 4 is 11.9 Å². The molecule has 0 unspecified atom stereocenters. The van der Waals surface area contributed by atoms with Gasteiger partial charge in [-0.15, -0.1) is 10.2 Å². The zero-order valence-corrected chi connectivity index (χ0v) is 12.3. The summed E-state index contributed by atoms with van der Waals surface area (Å²) in [4.78, 5) is 11.8. The molecule has 0 saturated heterocycles. The van der Waals surface area contributed by atoms with E-state index >= 15 is 0 Å². The van der Waals surface area contributed by atoms with E-state index < -0.39 is 0 Å². The molecule has 0 bridgehead atoms. The predicted octanol–water partition coefficient (Wildman–Crippen LogP) is 0.354. The fraction of sp³-hybridized carbons (Fsp3) is 0.583. The molecule has 21 heavy (non-hydrogen) atoms. The first-order chi connectivity index (χ1) is 10.0. The Bertz CT molecular complexity index is 590. The molecule has 0 atom stereocenters. The summed E-state index contributed by atoms with van der Waals surface area (Å²) in [7, 11) is 0. The Morgan fingerprint density at radius 3 is 2.86 bits per heavy atom. The highest BCUT2D eigenvalue weighted by molar-refractivity contribution is 5.88. The molecule has 0 aromatic carbocycles. The van der Waals surface area contributed by atoms with Crippen molar-refractivity contribution in [2.24, 2.45) is 5.92 Å². The van der Waals surface area contributed by atoms with Gasteiger partial charge in [0.15, 0.2) is 0 Å². The van der Waals surface area contributed by atoms with Crippen molar-refractivity contribution in [2.75, 3.05) is 11.9 Å². The van der Waals surface area contributed by atoms with Gasteiger partial charge in [-0.05, 0) is 12.5 Å². The van der Waals surface area contributed by atoms with Crippen molar-refractivity contribution in [3.8, 4) is 0 Å². The molecule has 114 valence electrons. The Morgan fingerprint density at radius 2 is 2.19 bits per heavy atom. The number of carbonyl (C=O) groups is 1. The third-order valence-electron chi connectivity index (χ3n) is 2.52. The Morgan fingerprint density at radius 1 is 1.38 bits per heavy atom. The van der Waals surface area contributed by atoms with Gasteiger partial charge in [-0.3, -0.25) is 10.1 Å². The highest BCUT2D eigenvalue weighted by Gasteiger charge is 2.10. The summed E-state index contributed by atoms with van der Waals surface area (Å²) in [6.07, 6.45) is 1.73. The fourth-order valence-corrected chi connectivity index (χ4v) is 1.64. The average Bonchev–Trinajstić information content (AvgIpc) is 2.98. The normalized spacial score (nSPS) is 11.0. The number of carbonyl (C=O) groups excluding carboxylic acids is 1. The zero-order valence-electron chi connectivity index (χ0n) is 12.3. The van der Waals surface area contributed by atoms with Crippen molar-refractivity contribution in [1.29, 1.82) is 0 Å². The smallest absolute Gasteiger partial charge is 0.322 e. The Hall–Kier alpha value is -2.29. The van der Waals surface area contributed by atoms with Crippen LogP contribution in [0.25, 0.3) is 0 Å². The third-order valence-corrected chi connectivity index (χ3v) is 2.52. The molecule has 1 amide bonds. The molecule has 0 radical (unpaired) electrons. The topological polar surface area (TPSA) is 111 Å². The second kappa shape index (κ2) is 6.93. The van der Waals surface area contributed by atoms with Gasteiger partial charge in [-0.1, -0.05) is 24.2 Å². The lowest BCUT2D eigenvalue weighted by Gasteiger charge is -2.04. The lowest BCUT2D eigenvalue weighted by atomic mass is 10.2. The first kappa shape index (κ1) is 15.1. The van der Waals surface area contributed by atoms with Crippen LogP contribution < -0.4 is 10.6 Å². The number of nitrogens with zero attached hydrogens (tertiary/aromatic N) is 5.